The number of rotatable bonds is 6. The summed E-state index contributed by atoms with van der Waals surface area (Å²) in [6, 6.07) is 5.72. The third kappa shape index (κ3) is 3.53. The predicted octanol–water partition coefficient (Wildman–Crippen LogP) is 3.91. The van der Waals surface area contributed by atoms with Gasteiger partial charge in [0.2, 0.25) is 5.91 Å². The van der Waals surface area contributed by atoms with Crippen molar-refractivity contribution in [1.29, 1.82) is 0 Å². The third-order valence-electron chi connectivity index (χ3n) is 5.91. The van der Waals surface area contributed by atoms with Crippen molar-refractivity contribution in [1.82, 2.24) is 15.1 Å². The van der Waals surface area contributed by atoms with Gasteiger partial charge in [0.15, 0.2) is 0 Å². The van der Waals surface area contributed by atoms with Gasteiger partial charge in [0.1, 0.15) is 17.2 Å². The maximum Gasteiger partial charge on any atom is 0.223 e. The summed E-state index contributed by atoms with van der Waals surface area (Å²) in [5.74, 6) is 2.45. The van der Waals surface area contributed by atoms with Gasteiger partial charge in [-0.15, -0.1) is 0 Å². The Labute approximate surface area is 159 Å². The Morgan fingerprint density at radius 2 is 2.04 bits per heavy atom. The maximum atomic E-state index is 12.7. The standard InChI is InChI=1S/C21H27N3O3/c1-26-15-8-9-16(19(11-15)27-2)21-17-12-24(13-18(17)22-23-21)20(25)10-7-14-5-3-4-6-14/h8-9,11,14H,3-7,10,12-13H2,1-2H3,(H,22,23). The van der Waals surface area contributed by atoms with Crippen LogP contribution in [0, 0.1) is 5.92 Å². The molecule has 1 N–H and O–H groups in total. The van der Waals surface area contributed by atoms with E-state index in [4.69, 9.17) is 9.47 Å². The number of ether oxygens (including phenoxy) is 2. The summed E-state index contributed by atoms with van der Waals surface area (Å²) < 4.78 is 10.8. The van der Waals surface area contributed by atoms with E-state index in [1.165, 1.54) is 25.7 Å². The van der Waals surface area contributed by atoms with Crippen LogP contribution in [-0.4, -0.2) is 35.2 Å². The number of carbonyl (C=O) groups excluding carboxylic acids is 1. The van der Waals surface area contributed by atoms with Gasteiger partial charge < -0.3 is 14.4 Å². The van der Waals surface area contributed by atoms with Crippen LogP contribution >= 0.6 is 0 Å². The number of nitrogens with zero attached hydrogens (tertiary/aromatic N) is 2. The van der Waals surface area contributed by atoms with E-state index in [0.29, 0.717) is 19.5 Å². The minimum absolute atomic E-state index is 0.249. The van der Waals surface area contributed by atoms with Crippen molar-refractivity contribution in [2.45, 2.75) is 51.6 Å². The van der Waals surface area contributed by atoms with Crippen molar-refractivity contribution in [2.75, 3.05) is 14.2 Å². The molecule has 1 aliphatic heterocycles. The van der Waals surface area contributed by atoms with Gasteiger partial charge in [-0.25, -0.2) is 0 Å². The number of carbonyl (C=O) groups is 1. The highest BCUT2D eigenvalue weighted by atomic mass is 16.5. The van der Waals surface area contributed by atoms with Crippen molar-refractivity contribution >= 4 is 5.91 Å². The number of amides is 1. The summed E-state index contributed by atoms with van der Waals surface area (Å²) in [5.41, 5.74) is 3.89. The first-order valence-corrected chi connectivity index (χ1v) is 9.76. The Hall–Kier alpha value is -2.50. The van der Waals surface area contributed by atoms with Gasteiger partial charge >= 0.3 is 0 Å². The zero-order chi connectivity index (χ0) is 18.8. The van der Waals surface area contributed by atoms with Crippen LogP contribution in [-0.2, 0) is 17.9 Å². The fourth-order valence-electron chi connectivity index (χ4n) is 4.32. The molecule has 0 radical (unpaired) electrons. The topological polar surface area (TPSA) is 67.5 Å². The minimum Gasteiger partial charge on any atom is -0.497 e. The summed E-state index contributed by atoms with van der Waals surface area (Å²) in [6.45, 7) is 1.23. The smallest absolute Gasteiger partial charge is 0.223 e. The minimum atomic E-state index is 0.249. The predicted molar refractivity (Wildman–Crippen MR) is 103 cm³/mol. The molecule has 0 unspecified atom stereocenters. The quantitative estimate of drug-likeness (QED) is 0.838. The molecule has 1 aromatic carbocycles. The second-order valence-corrected chi connectivity index (χ2v) is 7.53. The molecule has 0 bridgehead atoms. The SMILES string of the molecule is COc1ccc(-c2n[nH]c3c2CN(C(=O)CCC2CCCC2)C3)c(OC)c1. The summed E-state index contributed by atoms with van der Waals surface area (Å²) in [5, 5.41) is 7.61. The molecule has 2 heterocycles. The second-order valence-electron chi connectivity index (χ2n) is 7.53. The van der Waals surface area contributed by atoms with Crippen LogP contribution in [0.15, 0.2) is 18.2 Å². The average molecular weight is 369 g/mol. The molecule has 1 aliphatic carbocycles. The number of hydrogen-bond donors (Lipinski definition) is 1. The van der Waals surface area contributed by atoms with E-state index < -0.39 is 0 Å². The number of aromatic amines is 1. The molecular weight excluding hydrogens is 342 g/mol. The first-order valence-electron chi connectivity index (χ1n) is 9.76. The molecule has 6 heteroatoms. The monoisotopic (exact) mass is 369 g/mol. The van der Waals surface area contributed by atoms with Crippen LogP contribution in [0.4, 0.5) is 0 Å². The van der Waals surface area contributed by atoms with Gasteiger partial charge in [-0.3, -0.25) is 9.89 Å². The van der Waals surface area contributed by atoms with Gasteiger partial charge in [0.25, 0.3) is 0 Å². The normalized spacial score (nSPS) is 16.6. The highest BCUT2D eigenvalue weighted by molar-refractivity contribution is 5.79. The average Bonchev–Trinajstić information content (AvgIpc) is 3.42. The molecule has 0 atom stereocenters. The zero-order valence-electron chi connectivity index (χ0n) is 16.1. The molecule has 1 fully saturated rings. The van der Waals surface area contributed by atoms with Gasteiger partial charge in [0.05, 0.1) is 33.0 Å². The maximum absolute atomic E-state index is 12.7. The van der Waals surface area contributed by atoms with Crippen molar-refractivity contribution < 1.29 is 14.3 Å². The Bertz CT molecular complexity index is 824. The van der Waals surface area contributed by atoms with E-state index in [1.807, 2.05) is 23.1 Å². The molecule has 2 aliphatic rings. The van der Waals surface area contributed by atoms with E-state index in [9.17, 15) is 4.79 Å². The fourth-order valence-corrected chi connectivity index (χ4v) is 4.32. The highest BCUT2D eigenvalue weighted by Crippen LogP contribution is 2.38. The van der Waals surface area contributed by atoms with Crippen molar-refractivity contribution in [3.8, 4) is 22.8 Å². The molecule has 0 spiro atoms. The van der Waals surface area contributed by atoms with E-state index in [-0.39, 0.29) is 5.91 Å². The van der Waals surface area contributed by atoms with Gasteiger partial charge in [-0.2, -0.15) is 5.10 Å². The van der Waals surface area contributed by atoms with E-state index in [2.05, 4.69) is 10.2 Å². The molecule has 1 amide bonds. The molecule has 4 rings (SSSR count). The Kier molecular flexibility index (Phi) is 5.05. The Morgan fingerprint density at radius 3 is 2.78 bits per heavy atom. The lowest BCUT2D eigenvalue weighted by molar-refractivity contribution is -0.132. The lowest BCUT2D eigenvalue weighted by Crippen LogP contribution is -2.26. The lowest BCUT2D eigenvalue weighted by atomic mass is 10.0. The van der Waals surface area contributed by atoms with Crippen molar-refractivity contribution in [3.63, 3.8) is 0 Å². The number of benzene rings is 1. The van der Waals surface area contributed by atoms with Crippen LogP contribution in [0.5, 0.6) is 11.5 Å². The lowest BCUT2D eigenvalue weighted by Gasteiger charge is -2.17. The highest BCUT2D eigenvalue weighted by Gasteiger charge is 2.30. The third-order valence-corrected chi connectivity index (χ3v) is 5.91. The van der Waals surface area contributed by atoms with E-state index in [0.717, 1.165) is 46.4 Å². The van der Waals surface area contributed by atoms with Gasteiger partial charge in [-0.05, 0) is 24.5 Å². The van der Waals surface area contributed by atoms with Gasteiger partial charge in [-0.1, -0.05) is 25.7 Å². The number of nitrogens with one attached hydrogen (secondary N) is 1. The largest absolute Gasteiger partial charge is 0.497 e. The Balaban J connectivity index is 1.48. The van der Waals surface area contributed by atoms with Crippen LogP contribution in [0.3, 0.4) is 0 Å². The number of H-pyrrole nitrogens is 1. The first kappa shape index (κ1) is 17.9. The van der Waals surface area contributed by atoms with Crippen molar-refractivity contribution in [2.24, 2.45) is 5.92 Å². The van der Waals surface area contributed by atoms with Gasteiger partial charge in [0, 0.05) is 23.6 Å². The molecule has 1 aromatic heterocycles. The first-order chi connectivity index (χ1) is 13.2. The Morgan fingerprint density at radius 1 is 1.22 bits per heavy atom. The molecule has 0 saturated heterocycles. The molecular formula is C21H27N3O3. The summed E-state index contributed by atoms with van der Waals surface area (Å²) >= 11 is 0. The summed E-state index contributed by atoms with van der Waals surface area (Å²) in [6.07, 6.45) is 6.91. The number of aromatic nitrogens is 2. The molecule has 6 nitrogen and oxygen atoms in total. The number of hydrogen-bond acceptors (Lipinski definition) is 4. The van der Waals surface area contributed by atoms with Crippen molar-refractivity contribution in [3.05, 3.63) is 29.5 Å². The molecule has 1 saturated carbocycles. The fraction of sp³-hybridized carbons (Fsp3) is 0.524. The summed E-state index contributed by atoms with van der Waals surface area (Å²) in [4.78, 5) is 14.6. The molecule has 27 heavy (non-hydrogen) atoms. The second kappa shape index (κ2) is 7.62. The van der Waals surface area contributed by atoms with Crippen LogP contribution in [0.1, 0.15) is 49.8 Å². The van der Waals surface area contributed by atoms with Crippen LogP contribution in [0.25, 0.3) is 11.3 Å². The number of fused-ring (bicyclic) bond motifs is 1. The molecule has 144 valence electrons. The number of methoxy groups -OCH3 is 2. The zero-order valence-corrected chi connectivity index (χ0v) is 16.1. The van der Waals surface area contributed by atoms with Crippen LogP contribution < -0.4 is 9.47 Å². The van der Waals surface area contributed by atoms with E-state index in [1.54, 1.807) is 14.2 Å². The molecule has 2 aromatic rings. The van der Waals surface area contributed by atoms with E-state index >= 15 is 0 Å². The van der Waals surface area contributed by atoms with Crippen LogP contribution in [0.2, 0.25) is 0 Å². The summed E-state index contributed by atoms with van der Waals surface area (Å²) in [7, 11) is 3.28.